The zero-order chi connectivity index (χ0) is 13.9. The lowest BCUT2D eigenvalue weighted by Gasteiger charge is -2.05. The van der Waals surface area contributed by atoms with Crippen LogP contribution < -0.4 is 5.32 Å². The molecule has 20 heavy (non-hydrogen) atoms. The van der Waals surface area contributed by atoms with Crippen molar-refractivity contribution in [1.29, 1.82) is 0 Å². The largest absolute Gasteiger partial charge is 0.350 e. The molecule has 0 atom stereocenters. The molecule has 9 heteroatoms. The summed E-state index contributed by atoms with van der Waals surface area (Å²) in [6.07, 6.45) is 5.05. The highest BCUT2D eigenvalue weighted by molar-refractivity contribution is 9.10. The van der Waals surface area contributed by atoms with E-state index in [-0.39, 0.29) is 5.91 Å². The molecule has 0 spiro atoms. The SMILES string of the molecule is O=C(NCCn1cc(Br)cn1)c1cnc2nsnc2c1. The molecular formula is C11H9BrN6OS. The molecule has 0 saturated heterocycles. The van der Waals surface area contributed by atoms with Crippen molar-refractivity contribution in [2.45, 2.75) is 6.54 Å². The summed E-state index contributed by atoms with van der Waals surface area (Å²) in [4.78, 5) is 16.1. The van der Waals surface area contributed by atoms with E-state index in [0.29, 0.717) is 29.8 Å². The Bertz CT molecular complexity index is 754. The molecule has 1 N–H and O–H groups in total. The van der Waals surface area contributed by atoms with E-state index in [9.17, 15) is 4.79 Å². The van der Waals surface area contributed by atoms with Gasteiger partial charge >= 0.3 is 0 Å². The van der Waals surface area contributed by atoms with Gasteiger partial charge in [0, 0.05) is 18.9 Å². The second kappa shape index (κ2) is 5.63. The van der Waals surface area contributed by atoms with Gasteiger partial charge in [-0.15, -0.1) is 0 Å². The average Bonchev–Trinajstić information content (AvgIpc) is 3.06. The Balaban J connectivity index is 1.61. The van der Waals surface area contributed by atoms with E-state index in [1.165, 1.54) is 6.20 Å². The number of nitrogens with zero attached hydrogens (tertiary/aromatic N) is 5. The van der Waals surface area contributed by atoms with Crippen LogP contribution in [0.2, 0.25) is 0 Å². The Labute approximate surface area is 126 Å². The highest BCUT2D eigenvalue weighted by Crippen LogP contribution is 2.10. The molecule has 3 aromatic rings. The predicted octanol–water partition coefficient (Wildman–Crippen LogP) is 1.48. The molecule has 0 radical (unpaired) electrons. The zero-order valence-electron chi connectivity index (χ0n) is 10.2. The van der Waals surface area contributed by atoms with Crippen LogP contribution in [0, 0.1) is 0 Å². The van der Waals surface area contributed by atoms with Crippen LogP contribution in [-0.2, 0) is 6.54 Å². The normalized spacial score (nSPS) is 10.8. The van der Waals surface area contributed by atoms with E-state index in [1.807, 2.05) is 6.20 Å². The lowest BCUT2D eigenvalue weighted by Crippen LogP contribution is -2.27. The number of carbonyl (C=O) groups excluding carboxylic acids is 1. The molecule has 0 saturated carbocycles. The number of hydrogen-bond donors (Lipinski definition) is 1. The summed E-state index contributed by atoms with van der Waals surface area (Å²) >= 11 is 4.40. The maximum absolute atomic E-state index is 12.0. The summed E-state index contributed by atoms with van der Waals surface area (Å²) in [5.74, 6) is -0.182. The van der Waals surface area contributed by atoms with E-state index in [2.05, 4.69) is 40.1 Å². The van der Waals surface area contributed by atoms with Gasteiger partial charge in [-0.2, -0.15) is 13.8 Å². The fraction of sp³-hybridized carbons (Fsp3) is 0.182. The fourth-order valence-corrected chi connectivity index (χ4v) is 2.47. The molecule has 3 heterocycles. The molecule has 102 valence electrons. The maximum atomic E-state index is 12.0. The Hall–Kier alpha value is -1.87. The molecule has 0 aliphatic rings. The number of fused-ring (bicyclic) bond motifs is 1. The first-order valence-corrected chi connectivity index (χ1v) is 7.29. The predicted molar refractivity (Wildman–Crippen MR) is 77.5 cm³/mol. The van der Waals surface area contributed by atoms with Gasteiger partial charge in [-0.3, -0.25) is 9.48 Å². The average molecular weight is 353 g/mol. The number of rotatable bonds is 4. The first kappa shape index (κ1) is 13.1. The monoisotopic (exact) mass is 352 g/mol. The second-order valence-corrected chi connectivity index (χ2v) is 5.45. The van der Waals surface area contributed by atoms with Crippen LogP contribution >= 0.6 is 27.7 Å². The first-order valence-electron chi connectivity index (χ1n) is 5.77. The van der Waals surface area contributed by atoms with Gasteiger partial charge in [-0.1, -0.05) is 0 Å². The van der Waals surface area contributed by atoms with E-state index in [4.69, 9.17) is 0 Å². The third-order valence-electron chi connectivity index (χ3n) is 2.60. The summed E-state index contributed by atoms with van der Waals surface area (Å²) in [7, 11) is 0. The van der Waals surface area contributed by atoms with Crippen molar-refractivity contribution in [3.8, 4) is 0 Å². The van der Waals surface area contributed by atoms with Crippen LogP contribution in [0.5, 0.6) is 0 Å². The first-order chi connectivity index (χ1) is 9.72. The van der Waals surface area contributed by atoms with Crippen LogP contribution in [0.1, 0.15) is 10.4 Å². The van der Waals surface area contributed by atoms with Crippen LogP contribution in [0.3, 0.4) is 0 Å². The Morgan fingerprint density at radius 3 is 3.10 bits per heavy atom. The summed E-state index contributed by atoms with van der Waals surface area (Å²) in [6.45, 7) is 1.09. The standard InChI is InChI=1S/C11H9BrN6OS/c12-8-5-15-18(6-8)2-1-13-11(19)7-3-9-10(14-4-7)17-20-16-9/h3-6H,1-2H2,(H,13,19). The van der Waals surface area contributed by atoms with Crippen LogP contribution in [-0.4, -0.2) is 36.0 Å². The number of halogens is 1. The summed E-state index contributed by atoms with van der Waals surface area (Å²) in [5.41, 5.74) is 1.68. The molecule has 0 bridgehead atoms. The Morgan fingerprint density at radius 2 is 2.30 bits per heavy atom. The van der Waals surface area contributed by atoms with E-state index >= 15 is 0 Å². The van der Waals surface area contributed by atoms with Crippen molar-refractivity contribution in [2.24, 2.45) is 0 Å². The van der Waals surface area contributed by atoms with Crippen molar-refractivity contribution in [3.05, 3.63) is 34.7 Å². The van der Waals surface area contributed by atoms with Gasteiger partial charge in [0.05, 0.1) is 34.5 Å². The van der Waals surface area contributed by atoms with Crippen molar-refractivity contribution in [3.63, 3.8) is 0 Å². The Morgan fingerprint density at radius 1 is 1.40 bits per heavy atom. The second-order valence-electron chi connectivity index (χ2n) is 4.01. The van der Waals surface area contributed by atoms with Gasteiger partial charge in [0.15, 0.2) is 5.65 Å². The topological polar surface area (TPSA) is 85.6 Å². The van der Waals surface area contributed by atoms with Crippen molar-refractivity contribution >= 4 is 44.7 Å². The molecule has 3 aromatic heterocycles. The minimum atomic E-state index is -0.182. The van der Waals surface area contributed by atoms with E-state index in [1.54, 1.807) is 16.9 Å². The minimum Gasteiger partial charge on any atom is -0.350 e. The lowest BCUT2D eigenvalue weighted by atomic mass is 10.2. The van der Waals surface area contributed by atoms with Gasteiger partial charge in [0.25, 0.3) is 5.91 Å². The van der Waals surface area contributed by atoms with Gasteiger partial charge in [0.2, 0.25) is 0 Å². The number of pyridine rings is 1. The molecule has 0 fully saturated rings. The highest BCUT2D eigenvalue weighted by Gasteiger charge is 2.08. The van der Waals surface area contributed by atoms with Crippen LogP contribution in [0.15, 0.2) is 29.1 Å². The number of hydrogen-bond acceptors (Lipinski definition) is 6. The lowest BCUT2D eigenvalue weighted by molar-refractivity contribution is 0.0951. The smallest absolute Gasteiger partial charge is 0.252 e. The van der Waals surface area contributed by atoms with Crippen molar-refractivity contribution < 1.29 is 4.79 Å². The highest BCUT2D eigenvalue weighted by atomic mass is 79.9. The van der Waals surface area contributed by atoms with E-state index < -0.39 is 0 Å². The van der Waals surface area contributed by atoms with Crippen molar-refractivity contribution in [1.82, 2.24) is 28.8 Å². The molecule has 0 unspecified atom stereocenters. The fourth-order valence-electron chi connectivity index (χ4n) is 1.66. The summed E-state index contributed by atoms with van der Waals surface area (Å²) in [5, 5.41) is 6.92. The molecule has 0 aliphatic carbocycles. The van der Waals surface area contributed by atoms with Crippen LogP contribution in [0.4, 0.5) is 0 Å². The molecular weight excluding hydrogens is 344 g/mol. The summed E-state index contributed by atoms with van der Waals surface area (Å²) < 4.78 is 10.7. The third-order valence-corrected chi connectivity index (χ3v) is 3.55. The van der Waals surface area contributed by atoms with E-state index in [0.717, 1.165) is 16.2 Å². The Kier molecular flexibility index (Phi) is 3.70. The van der Waals surface area contributed by atoms with Gasteiger partial charge in [-0.25, -0.2) is 4.98 Å². The summed E-state index contributed by atoms with van der Waals surface area (Å²) in [6, 6.07) is 1.69. The van der Waals surface area contributed by atoms with Gasteiger partial charge in [-0.05, 0) is 22.0 Å². The minimum absolute atomic E-state index is 0.182. The molecule has 3 rings (SSSR count). The third kappa shape index (κ3) is 2.83. The van der Waals surface area contributed by atoms with Crippen molar-refractivity contribution in [2.75, 3.05) is 6.54 Å². The number of carbonyl (C=O) groups is 1. The number of amides is 1. The quantitative estimate of drug-likeness (QED) is 0.768. The van der Waals surface area contributed by atoms with Gasteiger partial charge in [0.1, 0.15) is 5.52 Å². The zero-order valence-corrected chi connectivity index (χ0v) is 12.6. The molecule has 0 aliphatic heterocycles. The molecule has 0 aromatic carbocycles. The number of aromatic nitrogens is 5. The van der Waals surface area contributed by atoms with Crippen LogP contribution in [0.25, 0.3) is 11.2 Å². The maximum Gasteiger partial charge on any atom is 0.252 e. The number of nitrogens with one attached hydrogen (secondary N) is 1. The van der Waals surface area contributed by atoms with Gasteiger partial charge < -0.3 is 5.32 Å². The molecule has 7 nitrogen and oxygen atoms in total. The molecule has 1 amide bonds.